The predicted octanol–water partition coefficient (Wildman–Crippen LogP) is 2.42. The first-order valence-corrected chi connectivity index (χ1v) is 5.92. The van der Waals surface area contributed by atoms with Crippen LogP contribution in [-0.4, -0.2) is 31.6 Å². The minimum absolute atomic E-state index is 0.187. The van der Waals surface area contributed by atoms with Crippen LogP contribution in [0.2, 0.25) is 0 Å². The molecular formula is C14H21FN2. The van der Waals surface area contributed by atoms with Gasteiger partial charge in [0.2, 0.25) is 0 Å². The SMILES string of the molecule is C=C(CNCC)CN(C)Cc1ccc(F)cc1. The lowest BCUT2D eigenvalue weighted by Gasteiger charge is -2.18. The van der Waals surface area contributed by atoms with E-state index in [0.29, 0.717) is 0 Å². The van der Waals surface area contributed by atoms with E-state index in [2.05, 4.69) is 23.7 Å². The molecule has 0 aliphatic carbocycles. The zero-order chi connectivity index (χ0) is 12.7. The first kappa shape index (κ1) is 13.9. The molecule has 1 rings (SSSR count). The molecule has 1 aromatic carbocycles. The zero-order valence-electron chi connectivity index (χ0n) is 10.7. The van der Waals surface area contributed by atoms with Crippen molar-refractivity contribution in [2.75, 3.05) is 26.7 Å². The highest BCUT2D eigenvalue weighted by molar-refractivity contribution is 5.16. The summed E-state index contributed by atoms with van der Waals surface area (Å²) in [5, 5.41) is 3.25. The lowest BCUT2D eigenvalue weighted by molar-refractivity contribution is 0.352. The molecule has 0 heterocycles. The molecule has 0 saturated carbocycles. The second kappa shape index (κ2) is 7.20. The highest BCUT2D eigenvalue weighted by Crippen LogP contribution is 2.06. The van der Waals surface area contributed by atoms with E-state index < -0.39 is 0 Å². The van der Waals surface area contributed by atoms with Gasteiger partial charge < -0.3 is 5.32 Å². The smallest absolute Gasteiger partial charge is 0.123 e. The molecule has 0 bridgehead atoms. The second-order valence-electron chi connectivity index (χ2n) is 4.33. The van der Waals surface area contributed by atoms with Gasteiger partial charge in [-0.15, -0.1) is 0 Å². The molecule has 17 heavy (non-hydrogen) atoms. The molecule has 0 aliphatic heterocycles. The Morgan fingerprint density at radius 1 is 1.35 bits per heavy atom. The number of nitrogens with zero attached hydrogens (tertiary/aromatic N) is 1. The summed E-state index contributed by atoms with van der Waals surface area (Å²) in [6.45, 7) is 9.58. The molecule has 0 radical (unpaired) electrons. The van der Waals surface area contributed by atoms with E-state index in [-0.39, 0.29) is 5.82 Å². The second-order valence-corrected chi connectivity index (χ2v) is 4.33. The highest BCUT2D eigenvalue weighted by atomic mass is 19.1. The van der Waals surface area contributed by atoms with Crippen LogP contribution in [0, 0.1) is 5.82 Å². The summed E-state index contributed by atoms with van der Waals surface area (Å²) >= 11 is 0. The summed E-state index contributed by atoms with van der Waals surface area (Å²) < 4.78 is 12.7. The fourth-order valence-electron chi connectivity index (χ4n) is 1.70. The van der Waals surface area contributed by atoms with Gasteiger partial charge in [-0.2, -0.15) is 0 Å². The Kier molecular flexibility index (Phi) is 5.87. The van der Waals surface area contributed by atoms with Gasteiger partial charge in [-0.05, 0) is 36.9 Å². The molecule has 0 saturated heterocycles. The third-order valence-corrected chi connectivity index (χ3v) is 2.48. The molecule has 0 atom stereocenters. The van der Waals surface area contributed by atoms with Crippen molar-refractivity contribution in [3.63, 3.8) is 0 Å². The quantitative estimate of drug-likeness (QED) is 0.731. The number of nitrogens with one attached hydrogen (secondary N) is 1. The van der Waals surface area contributed by atoms with Crippen LogP contribution in [0.5, 0.6) is 0 Å². The number of benzene rings is 1. The van der Waals surface area contributed by atoms with Gasteiger partial charge in [0.1, 0.15) is 5.82 Å². The summed E-state index contributed by atoms with van der Waals surface area (Å²) in [4.78, 5) is 2.17. The number of likely N-dealkylation sites (N-methyl/N-ethyl adjacent to an activating group) is 2. The van der Waals surface area contributed by atoms with Crippen molar-refractivity contribution in [3.8, 4) is 0 Å². The monoisotopic (exact) mass is 236 g/mol. The standard InChI is InChI=1S/C14H21FN2/c1-4-16-9-12(2)10-17(3)11-13-5-7-14(15)8-6-13/h5-8,16H,2,4,9-11H2,1,3H3. The van der Waals surface area contributed by atoms with E-state index in [1.807, 2.05) is 19.2 Å². The van der Waals surface area contributed by atoms with Crippen molar-refractivity contribution in [2.24, 2.45) is 0 Å². The highest BCUT2D eigenvalue weighted by Gasteiger charge is 2.02. The topological polar surface area (TPSA) is 15.3 Å². The van der Waals surface area contributed by atoms with Gasteiger partial charge in [-0.3, -0.25) is 4.90 Å². The normalized spacial score (nSPS) is 10.8. The van der Waals surface area contributed by atoms with Gasteiger partial charge in [0.05, 0.1) is 0 Å². The summed E-state index contributed by atoms with van der Waals surface area (Å²) in [5.41, 5.74) is 2.28. The molecule has 3 heteroatoms. The van der Waals surface area contributed by atoms with Crippen molar-refractivity contribution in [2.45, 2.75) is 13.5 Å². The van der Waals surface area contributed by atoms with Gasteiger partial charge in [-0.1, -0.05) is 25.6 Å². The molecule has 94 valence electrons. The van der Waals surface area contributed by atoms with E-state index in [9.17, 15) is 4.39 Å². The molecule has 0 amide bonds. The van der Waals surface area contributed by atoms with Crippen molar-refractivity contribution in [3.05, 3.63) is 47.8 Å². The fourth-order valence-corrected chi connectivity index (χ4v) is 1.70. The fraction of sp³-hybridized carbons (Fsp3) is 0.429. The van der Waals surface area contributed by atoms with Gasteiger partial charge in [0.25, 0.3) is 0 Å². The Morgan fingerprint density at radius 3 is 2.59 bits per heavy atom. The first-order chi connectivity index (χ1) is 8.11. The van der Waals surface area contributed by atoms with Crippen LogP contribution in [0.4, 0.5) is 4.39 Å². The van der Waals surface area contributed by atoms with E-state index in [4.69, 9.17) is 0 Å². The minimum atomic E-state index is -0.187. The molecular weight excluding hydrogens is 215 g/mol. The number of halogens is 1. The number of rotatable bonds is 7. The Labute approximate surface area is 103 Å². The summed E-state index contributed by atoms with van der Waals surface area (Å²) in [7, 11) is 2.04. The van der Waals surface area contributed by atoms with Crippen molar-refractivity contribution in [1.29, 1.82) is 0 Å². The number of hydrogen-bond acceptors (Lipinski definition) is 2. The zero-order valence-corrected chi connectivity index (χ0v) is 10.7. The largest absolute Gasteiger partial charge is 0.313 e. The first-order valence-electron chi connectivity index (χ1n) is 5.92. The molecule has 1 N–H and O–H groups in total. The molecule has 0 spiro atoms. The molecule has 1 aromatic rings. The van der Waals surface area contributed by atoms with Gasteiger partial charge in [0.15, 0.2) is 0 Å². The van der Waals surface area contributed by atoms with Crippen LogP contribution in [-0.2, 0) is 6.54 Å². The van der Waals surface area contributed by atoms with E-state index in [1.54, 1.807) is 0 Å². The van der Waals surface area contributed by atoms with E-state index >= 15 is 0 Å². The molecule has 0 aliphatic rings. The Balaban J connectivity index is 2.36. The Hall–Kier alpha value is -1.19. The average molecular weight is 236 g/mol. The molecule has 0 unspecified atom stereocenters. The lowest BCUT2D eigenvalue weighted by Crippen LogP contribution is -2.25. The molecule has 0 fully saturated rings. The summed E-state index contributed by atoms with van der Waals surface area (Å²) in [5.74, 6) is -0.187. The van der Waals surface area contributed by atoms with Gasteiger partial charge >= 0.3 is 0 Å². The number of hydrogen-bond donors (Lipinski definition) is 1. The Morgan fingerprint density at radius 2 is 2.00 bits per heavy atom. The maximum atomic E-state index is 12.7. The molecule has 0 aromatic heterocycles. The third kappa shape index (κ3) is 5.61. The van der Waals surface area contributed by atoms with E-state index in [1.165, 1.54) is 12.1 Å². The van der Waals surface area contributed by atoms with Crippen molar-refractivity contribution < 1.29 is 4.39 Å². The van der Waals surface area contributed by atoms with Gasteiger partial charge in [-0.25, -0.2) is 4.39 Å². The lowest BCUT2D eigenvalue weighted by atomic mass is 10.2. The van der Waals surface area contributed by atoms with Crippen molar-refractivity contribution >= 4 is 0 Å². The predicted molar refractivity (Wildman–Crippen MR) is 70.4 cm³/mol. The maximum absolute atomic E-state index is 12.7. The van der Waals surface area contributed by atoms with Crippen LogP contribution >= 0.6 is 0 Å². The van der Waals surface area contributed by atoms with E-state index in [0.717, 1.165) is 37.3 Å². The van der Waals surface area contributed by atoms with Crippen LogP contribution in [0.1, 0.15) is 12.5 Å². The average Bonchev–Trinajstić information content (AvgIpc) is 2.29. The Bertz CT molecular complexity index is 346. The maximum Gasteiger partial charge on any atom is 0.123 e. The van der Waals surface area contributed by atoms with Crippen LogP contribution in [0.3, 0.4) is 0 Å². The minimum Gasteiger partial charge on any atom is -0.313 e. The van der Waals surface area contributed by atoms with Crippen LogP contribution in [0.15, 0.2) is 36.4 Å². The molecule has 2 nitrogen and oxygen atoms in total. The van der Waals surface area contributed by atoms with Crippen LogP contribution < -0.4 is 5.32 Å². The van der Waals surface area contributed by atoms with Crippen molar-refractivity contribution in [1.82, 2.24) is 10.2 Å². The summed E-state index contributed by atoms with van der Waals surface area (Å²) in [6, 6.07) is 6.63. The van der Waals surface area contributed by atoms with Gasteiger partial charge in [0, 0.05) is 19.6 Å². The third-order valence-electron chi connectivity index (χ3n) is 2.48. The summed E-state index contributed by atoms with van der Waals surface area (Å²) in [6.07, 6.45) is 0. The van der Waals surface area contributed by atoms with Crippen LogP contribution in [0.25, 0.3) is 0 Å².